The number of imidazole rings is 1. The van der Waals surface area contributed by atoms with Crippen molar-refractivity contribution in [2.75, 3.05) is 7.11 Å². The van der Waals surface area contributed by atoms with Gasteiger partial charge < -0.3 is 9.30 Å². The Kier molecular flexibility index (Phi) is 4.47. The smallest absolute Gasteiger partial charge is 0.167 e. The van der Waals surface area contributed by atoms with Crippen molar-refractivity contribution in [3.63, 3.8) is 0 Å². The van der Waals surface area contributed by atoms with E-state index < -0.39 is 5.82 Å². The number of alkyl halides is 1. The van der Waals surface area contributed by atoms with Crippen molar-refractivity contribution >= 4 is 22.6 Å². The predicted molar refractivity (Wildman–Crippen MR) is 84.6 cm³/mol. The summed E-state index contributed by atoms with van der Waals surface area (Å²) >= 11 is 6.26. The van der Waals surface area contributed by atoms with Gasteiger partial charge in [-0.15, -0.1) is 11.6 Å². The van der Waals surface area contributed by atoms with Crippen LogP contribution in [-0.4, -0.2) is 16.7 Å². The molecule has 5 heteroatoms. The van der Waals surface area contributed by atoms with Crippen LogP contribution in [0.2, 0.25) is 0 Å². The van der Waals surface area contributed by atoms with Crippen LogP contribution in [0.15, 0.2) is 12.1 Å². The zero-order chi connectivity index (χ0) is 15.8. The Bertz CT molecular complexity index is 649. The number of hydrogen-bond acceptors (Lipinski definition) is 2. The average Bonchev–Trinajstić information content (AvgIpc) is 2.75. The summed E-state index contributed by atoms with van der Waals surface area (Å²) in [5, 5.41) is -0.237. The second-order valence-corrected chi connectivity index (χ2v) is 6.82. The van der Waals surface area contributed by atoms with Crippen LogP contribution in [0.25, 0.3) is 11.0 Å². The second-order valence-electron chi connectivity index (χ2n) is 6.17. The number of halogens is 2. The van der Waals surface area contributed by atoms with E-state index in [9.17, 15) is 4.39 Å². The van der Waals surface area contributed by atoms with Crippen LogP contribution < -0.4 is 4.74 Å². The average molecular weight is 313 g/mol. The fourth-order valence-electron chi connectivity index (χ4n) is 2.31. The topological polar surface area (TPSA) is 27.1 Å². The molecule has 0 aliphatic heterocycles. The van der Waals surface area contributed by atoms with E-state index in [1.54, 1.807) is 6.07 Å². The molecule has 0 bridgehead atoms. The molecule has 0 saturated heterocycles. The molecule has 0 radical (unpaired) electrons. The van der Waals surface area contributed by atoms with Crippen LogP contribution in [0.3, 0.4) is 0 Å². The van der Waals surface area contributed by atoms with E-state index in [4.69, 9.17) is 16.3 Å². The Morgan fingerprint density at radius 2 is 2.10 bits per heavy atom. The zero-order valence-corrected chi connectivity index (χ0v) is 14.0. The maximum absolute atomic E-state index is 13.9. The van der Waals surface area contributed by atoms with Crippen molar-refractivity contribution in [2.45, 2.75) is 46.0 Å². The first-order valence-corrected chi connectivity index (χ1v) is 7.60. The molecule has 1 aromatic carbocycles. The molecule has 0 amide bonds. The fraction of sp³-hybridized carbons (Fsp3) is 0.562. The third kappa shape index (κ3) is 3.15. The molecule has 0 spiro atoms. The molecule has 0 saturated carbocycles. The normalized spacial score (nSPS) is 13.7. The van der Waals surface area contributed by atoms with Gasteiger partial charge in [0.2, 0.25) is 0 Å². The lowest BCUT2D eigenvalue weighted by Crippen LogP contribution is -2.20. The standard InChI is InChI=1S/C16H22ClFN2O/c1-6-16(3,4)9-20-13-8-14(21-5)11(18)7-12(13)19-15(20)10(2)17/h7-8,10H,6,9H2,1-5H3. The summed E-state index contributed by atoms with van der Waals surface area (Å²) in [5.41, 5.74) is 1.58. The van der Waals surface area contributed by atoms with Crippen LogP contribution >= 0.6 is 11.6 Å². The molecule has 2 aromatic rings. The SMILES string of the molecule is CCC(C)(C)Cn1c(C(C)Cl)nc2cc(F)c(OC)cc21. The van der Waals surface area contributed by atoms with E-state index in [2.05, 4.69) is 30.3 Å². The van der Waals surface area contributed by atoms with Crippen LogP contribution in [0, 0.1) is 11.2 Å². The number of hydrogen-bond donors (Lipinski definition) is 0. The van der Waals surface area contributed by atoms with Gasteiger partial charge in [-0.1, -0.05) is 20.8 Å². The van der Waals surface area contributed by atoms with E-state index in [0.29, 0.717) is 5.52 Å². The molecule has 3 nitrogen and oxygen atoms in total. The van der Waals surface area contributed by atoms with Gasteiger partial charge in [-0.2, -0.15) is 0 Å². The third-order valence-corrected chi connectivity index (χ3v) is 4.15. The quantitative estimate of drug-likeness (QED) is 0.733. The first-order valence-electron chi connectivity index (χ1n) is 7.17. The number of ether oxygens (including phenoxy) is 1. The van der Waals surface area contributed by atoms with E-state index >= 15 is 0 Å². The van der Waals surface area contributed by atoms with Gasteiger partial charge in [-0.05, 0) is 18.8 Å². The summed E-state index contributed by atoms with van der Waals surface area (Å²) in [6, 6.07) is 3.11. The van der Waals surface area contributed by atoms with Crippen LogP contribution in [-0.2, 0) is 6.54 Å². The molecule has 1 aromatic heterocycles. The van der Waals surface area contributed by atoms with E-state index in [1.807, 2.05) is 6.92 Å². The molecule has 0 aliphatic rings. The van der Waals surface area contributed by atoms with Crippen molar-refractivity contribution in [2.24, 2.45) is 5.41 Å². The van der Waals surface area contributed by atoms with Crippen LogP contribution in [0.5, 0.6) is 5.75 Å². The lowest BCUT2D eigenvalue weighted by Gasteiger charge is -2.25. The van der Waals surface area contributed by atoms with Gasteiger partial charge >= 0.3 is 0 Å². The zero-order valence-electron chi connectivity index (χ0n) is 13.2. The lowest BCUT2D eigenvalue weighted by molar-refractivity contribution is 0.294. The van der Waals surface area contributed by atoms with Gasteiger partial charge in [-0.25, -0.2) is 9.37 Å². The van der Waals surface area contributed by atoms with Crippen LogP contribution in [0.1, 0.15) is 45.3 Å². The minimum atomic E-state index is -0.404. The Labute approximate surface area is 130 Å². The Morgan fingerprint density at radius 1 is 1.43 bits per heavy atom. The molecular formula is C16H22ClFN2O. The van der Waals surface area contributed by atoms with Gasteiger partial charge in [0, 0.05) is 18.7 Å². The Balaban J connectivity index is 2.66. The van der Waals surface area contributed by atoms with Gasteiger partial charge in [0.15, 0.2) is 11.6 Å². The maximum atomic E-state index is 13.9. The molecule has 0 N–H and O–H groups in total. The summed E-state index contributed by atoms with van der Waals surface area (Å²) in [4.78, 5) is 4.50. The van der Waals surface area contributed by atoms with Crippen molar-refractivity contribution in [1.82, 2.24) is 9.55 Å². The monoisotopic (exact) mass is 312 g/mol. The van der Waals surface area contributed by atoms with Crippen molar-refractivity contribution in [1.29, 1.82) is 0 Å². The summed E-state index contributed by atoms with van der Waals surface area (Å²) in [6.07, 6.45) is 1.03. The van der Waals surface area contributed by atoms with Crippen molar-refractivity contribution < 1.29 is 9.13 Å². The molecule has 21 heavy (non-hydrogen) atoms. The summed E-state index contributed by atoms with van der Waals surface area (Å²) in [6.45, 7) is 9.21. The lowest BCUT2D eigenvalue weighted by atomic mass is 9.90. The highest BCUT2D eigenvalue weighted by Crippen LogP contribution is 2.32. The molecular weight excluding hydrogens is 291 g/mol. The van der Waals surface area contributed by atoms with Crippen molar-refractivity contribution in [3.8, 4) is 5.75 Å². The number of aromatic nitrogens is 2. The van der Waals surface area contributed by atoms with E-state index in [-0.39, 0.29) is 16.5 Å². The minimum absolute atomic E-state index is 0.107. The summed E-state index contributed by atoms with van der Waals surface area (Å²) in [5.74, 6) is 0.589. The first kappa shape index (κ1) is 16.1. The van der Waals surface area contributed by atoms with Crippen molar-refractivity contribution in [3.05, 3.63) is 23.8 Å². The van der Waals surface area contributed by atoms with Gasteiger partial charge in [0.1, 0.15) is 5.82 Å². The maximum Gasteiger partial charge on any atom is 0.167 e. The fourth-order valence-corrected chi connectivity index (χ4v) is 2.48. The molecule has 0 fully saturated rings. The number of fused-ring (bicyclic) bond motifs is 1. The summed E-state index contributed by atoms with van der Waals surface area (Å²) in [7, 11) is 1.46. The van der Waals surface area contributed by atoms with Crippen LogP contribution in [0.4, 0.5) is 4.39 Å². The van der Waals surface area contributed by atoms with E-state index in [1.165, 1.54) is 13.2 Å². The van der Waals surface area contributed by atoms with Gasteiger partial charge in [-0.3, -0.25) is 0 Å². The first-order chi connectivity index (χ1) is 9.79. The number of rotatable bonds is 5. The molecule has 0 aliphatic carbocycles. The summed E-state index contributed by atoms with van der Waals surface area (Å²) < 4.78 is 21.0. The number of methoxy groups -OCH3 is 1. The van der Waals surface area contributed by atoms with E-state index in [0.717, 1.165) is 24.3 Å². The molecule has 116 valence electrons. The highest BCUT2D eigenvalue weighted by Gasteiger charge is 2.23. The minimum Gasteiger partial charge on any atom is -0.494 e. The number of benzene rings is 1. The number of nitrogens with zero attached hydrogens (tertiary/aromatic N) is 2. The highest BCUT2D eigenvalue weighted by atomic mass is 35.5. The molecule has 1 atom stereocenters. The Hall–Kier alpha value is -1.29. The van der Waals surface area contributed by atoms with Gasteiger partial charge in [0.25, 0.3) is 0 Å². The third-order valence-electron chi connectivity index (χ3n) is 3.95. The highest BCUT2D eigenvalue weighted by molar-refractivity contribution is 6.20. The molecule has 1 heterocycles. The largest absolute Gasteiger partial charge is 0.494 e. The van der Waals surface area contributed by atoms with Gasteiger partial charge in [0.05, 0.1) is 23.5 Å². The second kappa shape index (κ2) is 5.84. The molecule has 2 rings (SSSR count). The molecule has 1 unspecified atom stereocenters. The Morgan fingerprint density at radius 3 is 2.62 bits per heavy atom. The predicted octanol–water partition coefficient (Wildman–Crippen LogP) is 4.92.